The molecule has 0 saturated heterocycles. The highest BCUT2D eigenvalue weighted by atomic mass is 35.5. The maximum Gasteiger partial charge on any atom is 0.307 e. The van der Waals surface area contributed by atoms with Crippen LogP contribution in [0.2, 0.25) is 5.02 Å². The van der Waals surface area contributed by atoms with Crippen molar-refractivity contribution in [2.45, 2.75) is 11.3 Å². The number of nitriles is 1. The Balaban J connectivity index is 3.23. The smallest absolute Gasteiger partial charge is 0.307 e. The number of carbonyl (C=O) groups is 1. The molecule has 0 unspecified atom stereocenters. The molecular weight excluding hydrogens is 222 g/mol. The number of rotatable bonds is 2. The number of hydrogen-bond donors (Lipinski definition) is 2. The molecule has 72 valence electrons. The first-order valence-corrected chi connectivity index (χ1v) is 4.50. The zero-order valence-electron chi connectivity index (χ0n) is 6.99. The Bertz CT molecular complexity index is 426. The predicted octanol–water partition coefficient (Wildman–Crippen LogP) is 2.13. The molecule has 0 aromatic heterocycles. The van der Waals surface area contributed by atoms with Crippen molar-refractivity contribution in [3.8, 4) is 6.07 Å². The van der Waals surface area contributed by atoms with E-state index in [0.29, 0.717) is 10.5 Å². The van der Waals surface area contributed by atoms with Gasteiger partial charge in [-0.2, -0.15) is 5.26 Å². The van der Waals surface area contributed by atoms with Gasteiger partial charge in [-0.1, -0.05) is 11.6 Å². The fourth-order valence-corrected chi connectivity index (χ4v) is 1.54. The van der Waals surface area contributed by atoms with Crippen molar-refractivity contribution in [1.82, 2.24) is 0 Å². The molecule has 5 heteroatoms. The van der Waals surface area contributed by atoms with E-state index in [9.17, 15) is 4.79 Å². The molecule has 0 spiro atoms. The minimum absolute atomic E-state index is 0.188. The molecule has 0 saturated carbocycles. The summed E-state index contributed by atoms with van der Waals surface area (Å²) in [5.41, 5.74) is 0.652. The minimum atomic E-state index is -0.991. The Morgan fingerprint density at radius 1 is 1.64 bits per heavy atom. The van der Waals surface area contributed by atoms with E-state index in [0.717, 1.165) is 0 Å². The van der Waals surface area contributed by atoms with Crippen molar-refractivity contribution in [2.75, 3.05) is 0 Å². The number of benzene rings is 1. The van der Waals surface area contributed by atoms with Gasteiger partial charge in [0.15, 0.2) is 0 Å². The minimum Gasteiger partial charge on any atom is -0.481 e. The van der Waals surface area contributed by atoms with Crippen LogP contribution in [0.5, 0.6) is 0 Å². The van der Waals surface area contributed by atoms with E-state index >= 15 is 0 Å². The Hall–Kier alpha value is -1.18. The molecule has 0 aliphatic rings. The van der Waals surface area contributed by atoms with Gasteiger partial charge in [0.25, 0.3) is 0 Å². The van der Waals surface area contributed by atoms with Crippen LogP contribution < -0.4 is 0 Å². The molecule has 0 amide bonds. The zero-order chi connectivity index (χ0) is 10.7. The second-order valence-electron chi connectivity index (χ2n) is 2.65. The lowest BCUT2D eigenvalue weighted by Crippen LogP contribution is -2.01. The van der Waals surface area contributed by atoms with Gasteiger partial charge in [-0.25, -0.2) is 0 Å². The maximum atomic E-state index is 10.5. The van der Waals surface area contributed by atoms with Crippen LogP contribution in [-0.2, 0) is 11.2 Å². The summed E-state index contributed by atoms with van der Waals surface area (Å²) in [5, 5.41) is 17.5. The summed E-state index contributed by atoms with van der Waals surface area (Å²) in [6.07, 6.45) is -0.206. The summed E-state index contributed by atoms with van der Waals surface area (Å²) in [6, 6.07) is 4.91. The highest BCUT2D eigenvalue weighted by Gasteiger charge is 2.10. The number of aliphatic carboxylic acids is 1. The van der Waals surface area contributed by atoms with Gasteiger partial charge in [0.05, 0.1) is 17.0 Å². The lowest BCUT2D eigenvalue weighted by molar-refractivity contribution is -0.136. The van der Waals surface area contributed by atoms with Crippen molar-refractivity contribution in [3.05, 3.63) is 28.3 Å². The average molecular weight is 228 g/mol. The Morgan fingerprint density at radius 3 is 2.79 bits per heavy atom. The third kappa shape index (κ3) is 2.41. The third-order valence-electron chi connectivity index (χ3n) is 1.59. The average Bonchev–Trinajstić information content (AvgIpc) is 2.09. The van der Waals surface area contributed by atoms with Crippen molar-refractivity contribution >= 4 is 30.2 Å². The third-order valence-corrected chi connectivity index (χ3v) is 2.30. The number of halogens is 1. The fraction of sp³-hybridized carbons (Fsp3) is 0.111. The van der Waals surface area contributed by atoms with Gasteiger partial charge < -0.3 is 5.11 Å². The second kappa shape index (κ2) is 4.36. The van der Waals surface area contributed by atoms with E-state index < -0.39 is 5.97 Å². The van der Waals surface area contributed by atoms with Crippen LogP contribution in [0.1, 0.15) is 11.1 Å². The molecule has 0 aliphatic carbocycles. The van der Waals surface area contributed by atoms with Gasteiger partial charge in [0.1, 0.15) is 6.07 Å². The number of carboxylic acids is 1. The van der Waals surface area contributed by atoms with Crippen LogP contribution in [0.4, 0.5) is 0 Å². The number of hydrogen-bond acceptors (Lipinski definition) is 3. The summed E-state index contributed by atoms with van der Waals surface area (Å²) in [6.45, 7) is 0. The number of carboxylic acid groups (broad SMARTS) is 1. The van der Waals surface area contributed by atoms with E-state index in [2.05, 4.69) is 12.6 Å². The van der Waals surface area contributed by atoms with Gasteiger partial charge in [0, 0.05) is 4.90 Å². The summed E-state index contributed by atoms with van der Waals surface area (Å²) >= 11 is 9.85. The number of nitrogens with zero attached hydrogens (tertiary/aromatic N) is 1. The summed E-state index contributed by atoms with van der Waals surface area (Å²) in [7, 11) is 0. The SMILES string of the molecule is N#Cc1cc(S)cc(CC(=O)O)c1Cl. The Morgan fingerprint density at radius 2 is 2.29 bits per heavy atom. The van der Waals surface area contributed by atoms with E-state index in [-0.39, 0.29) is 17.0 Å². The van der Waals surface area contributed by atoms with Crippen molar-refractivity contribution < 1.29 is 9.90 Å². The molecule has 0 heterocycles. The summed E-state index contributed by atoms with van der Waals surface area (Å²) in [4.78, 5) is 11.0. The molecule has 1 rings (SSSR count). The van der Waals surface area contributed by atoms with Gasteiger partial charge in [0.2, 0.25) is 0 Å². The summed E-state index contributed by atoms with van der Waals surface area (Å²) in [5.74, 6) is -0.991. The van der Waals surface area contributed by atoms with Crippen molar-refractivity contribution in [3.63, 3.8) is 0 Å². The molecule has 0 bridgehead atoms. The van der Waals surface area contributed by atoms with E-state index in [1.165, 1.54) is 6.07 Å². The van der Waals surface area contributed by atoms with E-state index in [1.54, 1.807) is 6.07 Å². The second-order valence-corrected chi connectivity index (χ2v) is 3.54. The lowest BCUT2D eigenvalue weighted by atomic mass is 10.1. The highest BCUT2D eigenvalue weighted by Crippen LogP contribution is 2.24. The van der Waals surface area contributed by atoms with Crippen LogP contribution in [0, 0.1) is 11.3 Å². The van der Waals surface area contributed by atoms with Crippen LogP contribution in [0.3, 0.4) is 0 Å². The molecule has 1 N–H and O–H groups in total. The zero-order valence-corrected chi connectivity index (χ0v) is 8.64. The molecule has 14 heavy (non-hydrogen) atoms. The molecule has 3 nitrogen and oxygen atoms in total. The van der Waals surface area contributed by atoms with Gasteiger partial charge >= 0.3 is 5.97 Å². The Labute approximate surface area is 91.3 Å². The first kappa shape index (κ1) is 10.9. The van der Waals surface area contributed by atoms with Crippen molar-refractivity contribution in [2.24, 2.45) is 0 Å². The molecule has 1 aromatic carbocycles. The quantitative estimate of drug-likeness (QED) is 0.761. The van der Waals surface area contributed by atoms with Gasteiger partial charge in [-0.05, 0) is 17.7 Å². The molecule has 1 aromatic rings. The fourth-order valence-electron chi connectivity index (χ4n) is 1.04. The monoisotopic (exact) mass is 227 g/mol. The molecule has 0 atom stereocenters. The van der Waals surface area contributed by atoms with Gasteiger partial charge in [-0.3, -0.25) is 4.79 Å². The van der Waals surface area contributed by atoms with Crippen LogP contribution in [-0.4, -0.2) is 11.1 Å². The maximum absolute atomic E-state index is 10.5. The molecule has 0 fully saturated rings. The largest absolute Gasteiger partial charge is 0.481 e. The lowest BCUT2D eigenvalue weighted by Gasteiger charge is -2.04. The highest BCUT2D eigenvalue weighted by molar-refractivity contribution is 7.80. The van der Waals surface area contributed by atoms with E-state index in [4.69, 9.17) is 22.0 Å². The topological polar surface area (TPSA) is 61.1 Å². The molecule has 0 aliphatic heterocycles. The Kier molecular flexibility index (Phi) is 3.39. The number of thiol groups is 1. The van der Waals surface area contributed by atoms with Gasteiger partial charge in [-0.15, -0.1) is 12.6 Å². The first-order chi connectivity index (χ1) is 6.54. The van der Waals surface area contributed by atoms with Crippen LogP contribution >= 0.6 is 24.2 Å². The first-order valence-electron chi connectivity index (χ1n) is 3.68. The molecular formula is C9H6ClNO2S. The standard InChI is InChI=1S/C9H6ClNO2S/c10-9-5(3-8(12)13)1-7(14)2-6(9)4-11/h1-2,14H,3H2,(H,12,13). The molecule has 0 radical (unpaired) electrons. The normalized spacial score (nSPS) is 9.50. The van der Waals surface area contributed by atoms with E-state index in [1.807, 2.05) is 6.07 Å². The van der Waals surface area contributed by atoms with Crippen molar-refractivity contribution in [1.29, 1.82) is 5.26 Å². The van der Waals surface area contributed by atoms with Crippen LogP contribution in [0.15, 0.2) is 17.0 Å². The summed E-state index contributed by atoms with van der Waals surface area (Å²) < 4.78 is 0. The predicted molar refractivity (Wildman–Crippen MR) is 54.8 cm³/mol. The van der Waals surface area contributed by atoms with Crippen LogP contribution in [0.25, 0.3) is 0 Å².